The van der Waals surface area contributed by atoms with Crippen LogP contribution in [0.4, 0.5) is 0 Å². The summed E-state index contributed by atoms with van der Waals surface area (Å²) in [6, 6.07) is 5.32. The van der Waals surface area contributed by atoms with Crippen LogP contribution in [0.5, 0.6) is 0 Å². The monoisotopic (exact) mass is 515 g/mol. The first-order chi connectivity index (χ1) is 16.7. The molecule has 5 rings (SSSR count). The van der Waals surface area contributed by atoms with E-state index in [9.17, 15) is 0 Å². The van der Waals surface area contributed by atoms with E-state index >= 15 is 0 Å². The average Bonchev–Trinajstić information content (AvgIpc) is 3.05. The maximum absolute atomic E-state index is 4.18. The summed E-state index contributed by atoms with van der Waals surface area (Å²) in [5.41, 5.74) is 8.99. The molecule has 1 N–H and O–H groups in total. The quantitative estimate of drug-likeness (QED) is 0.396. The van der Waals surface area contributed by atoms with Crippen molar-refractivity contribution in [2.45, 2.75) is 131 Å². The van der Waals surface area contributed by atoms with E-state index in [1.54, 1.807) is 38.3 Å². The molecule has 4 aliphatic carbocycles. The van der Waals surface area contributed by atoms with Gasteiger partial charge in [0.25, 0.3) is 0 Å². The van der Waals surface area contributed by atoms with Crippen LogP contribution in [0.25, 0.3) is 10.8 Å². The van der Waals surface area contributed by atoms with E-state index in [0.29, 0.717) is 5.92 Å². The van der Waals surface area contributed by atoms with Crippen LogP contribution in [0, 0.1) is 16.7 Å². The highest BCUT2D eigenvalue weighted by molar-refractivity contribution is 6.91. The molecule has 1 fully saturated rings. The van der Waals surface area contributed by atoms with Crippen molar-refractivity contribution < 1.29 is 0 Å². The zero-order chi connectivity index (χ0) is 27.6. The molecule has 0 spiro atoms. The third-order valence-corrected chi connectivity index (χ3v) is 13.7. The Hall–Kier alpha value is -1.38. The first kappa shape index (κ1) is 27.2. The predicted octanol–water partition coefficient (Wildman–Crippen LogP) is 7.81. The second-order valence-corrected chi connectivity index (χ2v) is 21.0. The SMILES string of the molecule is CC(C)(C)N[Si](C)(C)C1=c2cc3c(cc2=C2C=C4C(=CC21)C(C)(C)CCC4(C)C)C(C)(C)CCC3(C)C. The Kier molecular flexibility index (Phi) is 5.77. The molecule has 0 amide bonds. The molecule has 1 unspecified atom stereocenters. The summed E-state index contributed by atoms with van der Waals surface area (Å²) >= 11 is 0. The van der Waals surface area contributed by atoms with Crippen molar-refractivity contribution >= 4 is 19.0 Å². The standard InChI is InChI=1S/C35H53NSi/c1-31(2,3)36-37(12,13)30-24-20-28-26(32(4,5)14-16-34(28,8)9)18-22(24)23-19-27-29(21-25(23)30)35(10,11)17-15-33(27,6)7/h18-21,24,36H,14-17H2,1-13H3. The van der Waals surface area contributed by atoms with Crippen LogP contribution in [-0.2, 0) is 10.8 Å². The Morgan fingerprint density at radius 3 is 1.68 bits per heavy atom. The summed E-state index contributed by atoms with van der Waals surface area (Å²) in [5, 5.41) is 4.79. The van der Waals surface area contributed by atoms with Gasteiger partial charge in [-0.25, -0.2) is 0 Å². The molecule has 1 aromatic rings. The fraction of sp³-hybridized carbons (Fsp3) is 0.657. The smallest absolute Gasteiger partial charge is 0.149 e. The molecule has 0 aromatic heterocycles. The zero-order valence-electron chi connectivity index (χ0n) is 26.2. The molecule has 0 saturated heterocycles. The Morgan fingerprint density at radius 2 is 1.16 bits per heavy atom. The van der Waals surface area contributed by atoms with Gasteiger partial charge in [-0.1, -0.05) is 92.8 Å². The molecule has 0 heterocycles. The summed E-state index contributed by atoms with van der Waals surface area (Å²) in [5.74, 6) is 0.397. The van der Waals surface area contributed by atoms with E-state index in [0.717, 1.165) is 0 Å². The summed E-state index contributed by atoms with van der Waals surface area (Å²) in [4.78, 5) is 4.18. The van der Waals surface area contributed by atoms with Crippen LogP contribution in [-0.4, -0.2) is 13.8 Å². The fourth-order valence-electron chi connectivity index (χ4n) is 8.17. The number of benzene rings is 1. The van der Waals surface area contributed by atoms with E-state index in [-0.39, 0.29) is 27.2 Å². The molecule has 0 bridgehead atoms. The highest BCUT2D eigenvalue weighted by Gasteiger charge is 2.47. The van der Waals surface area contributed by atoms with Crippen LogP contribution in [0.15, 0.2) is 35.4 Å². The molecule has 202 valence electrons. The lowest BCUT2D eigenvalue weighted by molar-refractivity contribution is 0.258. The van der Waals surface area contributed by atoms with E-state index in [1.807, 2.05) is 0 Å². The number of hydrogen-bond donors (Lipinski definition) is 1. The van der Waals surface area contributed by atoms with Crippen LogP contribution in [0.1, 0.15) is 113 Å². The summed E-state index contributed by atoms with van der Waals surface area (Å²) in [7, 11) is -1.96. The molecule has 1 saturated carbocycles. The van der Waals surface area contributed by atoms with Gasteiger partial charge in [0.1, 0.15) is 8.24 Å². The second kappa shape index (κ2) is 7.84. The van der Waals surface area contributed by atoms with Gasteiger partial charge in [-0.05, 0) is 112 Å². The van der Waals surface area contributed by atoms with E-state index in [1.165, 1.54) is 30.9 Å². The van der Waals surface area contributed by atoms with E-state index < -0.39 is 8.24 Å². The van der Waals surface area contributed by atoms with Crippen LogP contribution < -0.4 is 15.4 Å². The van der Waals surface area contributed by atoms with E-state index in [4.69, 9.17) is 0 Å². The van der Waals surface area contributed by atoms with Crippen LogP contribution in [0.2, 0.25) is 13.1 Å². The van der Waals surface area contributed by atoms with Crippen molar-refractivity contribution in [1.29, 1.82) is 0 Å². The molecule has 2 heteroatoms. The topological polar surface area (TPSA) is 12.0 Å². The van der Waals surface area contributed by atoms with Crippen LogP contribution in [0.3, 0.4) is 0 Å². The van der Waals surface area contributed by atoms with Gasteiger partial charge in [0.15, 0.2) is 0 Å². The minimum absolute atomic E-state index is 0.0933. The lowest BCUT2D eigenvalue weighted by atomic mass is 9.58. The first-order valence-electron chi connectivity index (χ1n) is 14.8. The Morgan fingerprint density at radius 1 is 0.703 bits per heavy atom. The van der Waals surface area contributed by atoms with Crippen molar-refractivity contribution in [1.82, 2.24) is 4.98 Å². The van der Waals surface area contributed by atoms with Crippen molar-refractivity contribution in [2.75, 3.05) is 0 Å². The van der Waals surface area contributed by atoms with Gasteiger partial charge >= 0.3 is 0 Å². The number of hydrogen-bond acceptors (Lipinski definition) is 1. The number of nitrogens with one attached hydrogen (secondary N) is 1. The van der Waals surface area contributed by atoms with Gasteiger partial charge in [-0.15, -0.1) is 0 Å². The third kappa shape index (κ3) is 4.29. The molecular formula is C35H53NSi. The second-order valence-electron chi connectivity index (χ2n) is 17.0. The molecule has 1 aromatic carbocycles. The first-order valence-corrected chi connectivity index (χ1v) is 17.8. The minimum atomic E-state index is -1.96. The fourth-order valence-corrected chi connectivity index (χ4v) is 12.1. The normalized spacial score (nSPS) is 27.0. The molecular weight excluding hydrogens is 462 g/mol. The highest BCUT2D eigenvalue weighted by atomic mass is 28.3. The number of allylic oxidation sites excluding steroid dienone is 4. The van der Waals surface area contributed by atoms with E-state index in [2.05, 4.69) is 119 Å². The van der Waals surface area contributed by atoms with Gasteiger partial charge < -0.3 is 4.98 Å². The van der Waals surface area contributed by atoms with Gasteiger partial charge in [0.05, 0.1) is 0 Å². The molecule has 1 atom stereocenters. The molecule has 0 aliphatic heterocycles. The van der Waals surface area contributed by atoms with Gasteiger partial charge in [0.2, 0.25) is 0 Å². The zero-order valence-corrected chi connectivity index (χ0v) is 27.2. The van der Waals surface area contributed by atoms with Gasteiger partial charge in [-0.2, -0.15) is 0 Å². The molecule has 37 heavy (non-hydrogen) atoms. The lowest BCUT2D eigenvalue weighted by Gasteiger charge is -2.47. The lowest BCUT2D eigenvalue weighted by Crippen LogP contribution is -2.57. The largest absolute Gasteiger partial charge is 0.329 e. The number of rotatable bonds is 2. The predicted molar refractivity (Wildman–Crippen MR) is 165 cm³/mol. The summed E-state index contributed by atoms with van der Waals surface area (Å²) < 4.78 is 0. The van der Waals surface area contributed by atoms with Crippen molar-refractivity contribution in [3.8, 4) is 0 Å². The summed E-state index contributed by atoms with van der Waals surface area (Å²) in [6.45, 7) is 31.9. The Bertz CT molecular complexity index is 1350. The maximum atomic E-state index is 4.18. The molecule has 0 radical (unpaired) electrons. The third-order valence-electron chi connectivity index (χ3n) is 10.4. The average molecular weight is 516 g/mol. The van der Waals surface area contributed by atoms with Crippen molar-refractivity contribution in [2.24, 2.45) is 16.7 Å². The minimum Gasteiger partial charge on any atom is -0.329 e. The maximum Gasteiger partial charge on any atom is 0.149 e. The summed E-state index contributed by atoms with van der Waals surface area (Å²) in [6.07, 6.45) is 10.5. The molecule has 1 nitrogen and oxygen atoms in total. The van der Waals surface area contributed by atoms with Gasteiger partial charge in [-0.3, -0.25) is 0 Å². The Balaban J connectivity index is 1.90. The van der Waals surface area contributed by atoms with Gasteiger partial charge in [0, 0.05) is 11.5 Å². The number of fused-ring (bicyclic) bond motifs is 4. The highest BCUT2D eigenvalue weighted by Crippen LogP contribution is 2.56. The van der Waals surface area contributed by atoms with Crippen LogP contribution >= 0.6 is 0 Å². The molecule has 4 aliphatic rings. The van der Waals surface area contributed by atoms with Crippen molar-refractivity contribution in [3.63, 3.8) is 0 Å². The van der Waals surface area contributed by atoms with Crippen molar-refractivity contribution in [3.05, 3.63) is 57.0 Å². The Labute approximate surface area is 228 Å².